The SMILES string of the molecule is NCc1nc([C@H]2CCOC2)n[nH]1. The lowest BCUT2D eigenvalue weighted by Crippen LogP contribution is -2.01. The van der Waals surface area contributed by atoms with Crippen molar-refractivity contribution in [1.82, 2.24) is 15.2 Å². The molecule has 2 rings (SSSR count). The highest BCUT2D eigenvalue weighted by molar-refractivity contribution is 4.99. The number of hydrogen-bond donors (Lipinski definition) is 2. The second-order valence-electron chi connectivity index (χ2n) is 2.90. The van der Waals surface area contributed by atoms with E-state index >= 15 is 0 Å². The van der Waals surface area contributed by atoms with Crippen LogP contribution in [0.5, 0.6) is 0 Å². The fraction of sp³-hybridized carbons (Fsp3) is 0.714. The zero-order valence-electron chi connectivity index (χ0n) is 6.79. The molecule has 0 amide bonds. The Morgan fingerprint density at radius 3 is 3.17 bits per heavy atom. The van der Waals surface area contributed by atoms with Crippen LogP contribution in [0.4, 0.5) is 0 Å². The predicted molar refractivity (Wildman–Crippen MR) is 42.5 cm³/mol. The smallest absolute Gasteiger partial charge is 0.156 e. The maximum absolute atomic E-state index is 5.40. The molecule has 0 aromatic carbocycles. The van der Waals surface area contributed by atoms with Gasteiger partial charge in [-0.1, -0.05) is 0 Å². The maximum atomic E-state index is 5.40. The van der Waals surface area contributed by atoms with E-state index in [0.717, 1.165) is 31.3 Å². The van der Waals surface area contributed by atoms with Crippen molar-refractivity contribution in [3.63, 3.8) is 0 Å². The molecular weight excluding hydrogens is 156 g/mol. The number of H-pyrrole nitrogens is 1. The number of ether oxygens (including phenoxy) is 1. The maximum Gasteiger partial charge on any atom is 0.156 e. The third kappa shape index (κ3) is 1.33. The summed E-state index contributed by atoms with van der Waals surface area (Å²) in [6, 6.07) is 0. The summed E-state index contributed by atoms with van der Waals surface area (Å²) in [6.07, 6.45) is 1.02. The van der Waals surface area contributed by atoms with Crippen LogP contribution >= 0.6 is 0 Å². The van der Waals surface area contributed by atoms with Crippen LogP contribution in [0.15, 0.2) is 0 Å². The largest absolute Gasteiger partial charge is 0.381 e. The Hall–Kier alpha value is -0.940. The molecule has 1 aliphatic rings. The highest BCUT2D eigenvalue weighted by atomic mass is 16.5. The van der Waals surface area contributed by atoms with Crippen LogP contribution in [0.2, 0.25) is 0 Å². The van der Waals surface area contributed by atoms with E-state index in [0.29, 0.717) is 12.5 Å². The molecule has 0 saturated carbocycles. The highest BCUT2D eigenvalue weighted by Crippen LogP contribution is 2.21. The number of rotatable bonds is 2. The molecule has 5 nitrogen and oxygen atoms in total. The molecule has 1 saturated heterocycles. The van der Waals surface area contributed by atoms with Crippen molar-refractivity contribution >= 4 is 0 Å². The average molecular weight is 168 g/mol. The quantitative estimate of drug-likeness (QED) is 0.639. The van der Waals surface area contributed by atoms with E-state index < -0.39 is 0 Å². The van der Waals surface area contributed by atoms with Crippen molar-refractivity contribution in [1.29, 1.82) is 0 Å². The van der Waals surface area contributed by atoms with Crippen LogP contribution < -0.4 is 5.73 Å². The number of nitrogens with zero attached hydrogens (tertiary/aromatic N) is 2. The van der Waals surface area contributed by atoms with Gasteiger partial charge in [0.1, 0.15) is 5.82 Å². The standard InChI is InChI=1S/C7H12N4O/c8-3-6-9-7(11-10-6)5-1-2-12-4-5/h5H,1-4,8H2,(H,9,10,11)/t5-/m0/s1. The number of nitrogens with two attached hydrogens (primary N) is 1. The lowest BCUT2D eigenvalue weighted by molar-refractivity contribution is 0.193. The molecular formula is C7H12N4O. The summed E-state index contributed by atoms with van der Waals surface area (Å²) < 4.78 is 5.23. The summed E-state index contributed by atoms with van der Waals surface area (Å²) in [6.45, 7) is 1.97. The van der Waals surface area contributed by atoms with Crippen LogP contribution in [-0.2, 0) is 11.3 Å². The van der Waals surface area contributed by atoms with E-state index in [2.05, 4.69) is 15.2 Å². The summed E-state index contributed by atoms with van der Waals surface area (Å²) >= 11 is 0. The van der Waals surface area contributed by atoms with Gasteiger partial charge in [0.15, 0.2) is 5.82 Å². The zero-order valence-corrected chi connectivity index (χ0v) is 6.79. The lowest BCUT2D eigenvalue weighted by atomic mass is 10.1. The molecule has 0 radical (unpaired) electrons. The molecule has 1 atom stereocenters. The van der Waals surface area contributed by atoms with Crippen molar-refractivity contribution in [3.8, 4) is 0 Å². The molecule has 0 unspecified atom stereocenters. The van der Waals surface area contributed by atoms with Gasteiger partial charge >= 0.3 is 0 Å². The van der Waals surface area contributed by atoms with Crippen molar-refractivity contribution in [2.24, 2.45) is 5.73 Å². The Morgan fingerprint density at radius 2 is 2.58 bits per heavy atom. The molecule has 5 heteroatoms. The van der Waals surface area contributed by atoms with Gasteiger partial charge in [0.25, 0.3) is 0 Å². The Bertz CT molecular complexity index is 254. The Labute approximate surface area is 70.3 Å². The van der Waals surface area contributed by atoms with Crippen LogP contribution in [0.25, 0.3) is 0 Å². The summed E-state index contributed by atoms with van der Waals surface area (Å²) in [5.74, 6) is 1.95. The molecule has 1 fully saturated rings. The van der Waals surface area contributed by atoms with E-state index in [4.69, 9.17) is 10.5 Å². The second-order valence-corrected chi connectivity index (χ2v) is 2.90. The van der Waals surface area contributed by atoms with Crippen LogP contribution in [-0.4, -0.2) is 28.4 Å². The topological polar surface area (TPSA) is 76.8 Å². The van der Waals surface area contributed by atoms with Gasteiger partial charge in [-0.05, 0) is 6.42 Å². The first-order chi connectivity index (χ1) is 5.90. The van der Waals surface area contributed by atoms with Crippen molar-refractivity contribution in [2.75, 3.05) is 13.2 Å². The third-order valence-corrected chi connectivity index (χ3v) is 2.04. The minimum atomic E-state index is 0.363. The van der Waals surface area contributed by atoms with Gasteiger partial charge in [0, 0.05) is 12.5 Å². The highest BCUT2D eigenvalue weighted by Gasteiger charge is 2.21. The van der Waals surface area contributed by atoms with E-state index in [1.165, 1.54) is 0 Å². The molecule has 3 N–H and O–H groups in total. The van der Waals surface area contributed by atoms with Gasteiger partial charge in [0.05, 0.1) is 13.2 Å². The first-order valence-electron chi connectivity index (χ1n) is 4.09. The minimum absolute atomic E-state index is 0.363. The molecule has 1 aromatic heterocycles. The summed E-state index contributed by atoms with van der Waals surface area (Å²) in [7, 11) is 0. The van der Waals surface area contributed by atoms with Crippen molar-refractivity contribution in [3.05, 3.63) is 11.6 Å². The van der Waals surface area contributed by atoms with Crippen molar-refractivity contribution < 1.29 is 4.74 Å². The average Bonchev–Trinajstić information content (AvgIpc) is 2.75. The van der Waals surface area contributed by atoms with Gasteiger partial charge in [-0.3, -0.25) is 5.10 Å². The number of nitrogens with one attached hydrogen (secondary N) is 1. The Kier molecular flexibility index (Phi) is 2.05. The molecule has 12 heavy (non-hydrogen) atoms. The number of hydrogen-bond acceptors (Lipinski definition) is 4. The number of aromatic nitrogens is 3. The molecule has 0 bridgehead atoms. The molecule has 1 aliphatic heterocycles. The molecule has 0 spiro atoms. The fourth-order valence-corrected chi connectivity index (χ4v) is 1.32. The third-order valence-electron chi connectivity index (χ3n) is 2.04. The normalized spacial score (nSPS) is 23.2. The molecule has 1 aromatic rings. The zero-order chi connectivity index (χ0) is 8.39. The predicted octanol–water partition coefficient (Wildman–Crippen LogP) is -0.233. The van der Waals surface area contributed by atoms with Gasteiger partial charge in [-0.2, -0.15) is 5.10 Å². The monoisotopic (exact) mass is 168 g/mol. The van der Waals surface area contributed by atoms with Gasteiger partial charge < -0.3 is 10.5 Å². The van der Waals surface area contributed by atoms with E-state index in [1.807, 2.05) is 0 Å². The van der Waals surface area contributed by atoms with Gasteiger partial charge in [-0.15, -0.1) is 0 Å². The first kappa shape index (κ1) is 7.70. The van der Waals surface area contributed by atoms with Crippen LogP contribution in [0.1, 0.15) is 24.0 Å². The van der Waals surface area contributed by atoms with Crippen molar-refractivity contribution in [2.45, 2.75) is 18.9 Å². The van der Waals surface area contributed by atoms with Gasteiger partial charge in [0.2, 0.25) is 0 Å². The molecule has 2 heterocycles. The van der Waals surface area contributed by atoms with Crippen LogP contribution in [0.3, 0.4) is 0 Å². The first-order valence-corrected chi connectivity index (χ1v) is 4.09. The Morgan fingerprint density at radius 1 is 1.67 bits per heavy atom. The van der Waals surface area contributed by atoms with E-state index in [9.17, 15) is 0 Å². The molecule has 0 aliphatic carbocycles. The second kappa shape index (κ2) is 3.20. The fourth-order valence-electron chi connectivity index (χ4n) is 1.32. The lowest BCUT2D eigenvalue weighted by Gasteiger charge is -1.98. The summed E-state index contributed by atoms with van der Waals surface area (Å²) in [5.41, 5.74) is 5.40. The number of aromatic amines is 1. The van der Waals surface area contributed by atoms with Gasteiger partial charge in [-0.25, -0.2) is 4.98 Å². The molecule has 66 valence electrons. The van der Waals surface area contributed by atoms with Crippen LogP contribution in [0, 0.1) is 0 Å². The summed E-state index contributed by atoms with van der Waals surface area (Å²) in [5, 5.41) is 6.86. The Balaban J connectivity index is 2.11. The van der Waals surface area contributed by atoms with E-state index in [-0.39, 0.29) is 0 Å². The minimum Gasteiger partial charge on any atom is -0.381 e. The van der Waals surface area contributed by atoms with E-state index in [1.54, 1.807) is 0 Å². The summed E-state index contributed by atoms with van der Waals surface area (Å²) in [4.78, 5) is 4.24.